The molecule has 4 nitrogen and oxygen atoms in total. The summed E-state index contributed by atoms with van der Waals surface area (Å²) >= 11 is 3.02. The van der Waals surface area contributed by atoms with E-state index in [0.29, 0.717) is 10.3 Å². The molecule has 0 aliphatic carbocycles. The van der Waals surface area contributed by atoms with E-state index in [2.05, 4.69) is 31.1 Å². The third kappa shape index (κ3) is 1.72. The molecule has 0 saturated carbocycles. The van der Waals surface area contributed by atoms with Gasteiger partial charge in [0.2, 0.25) is 4.73 Å². The Hall–Kier alpha value is -1.30. The first-order valence-corrected chi connectivity index (χ1v) is 4.15. The van der Waals surface area contributed by atoms with E-state index in [0.717, 1.165) is 6.20 Å². The molecule has 0 aliphatic heterocycles. The Morgan fingerprint density at radius 1 is 1.38 bits per heavy atom. The van der Waals surface area contributed by atoms with Crippen LogP contribution < -0.4 is 0 Å². The second-order valence-corrected chi connectivity index (χ2v) is 2.97. The van der Waals surface area contributed by atoms with Crippen molar-refractivity contribution in [2.75, 3.05) is 0 Å². The van der Waals surface area contributed by atoms with Crippen molar-refractivity contribution >= 4 is 15.9 Å². The van der Waals surface area contributed by atoms with Gasteiger partial charge in [0.05, 0.1) is 11.8 Å². The predicted molar refractivity (Wildman–Crippen MR) is 45.2 cm³/mol. The second kappa shape index (κ2) is 3.21. The summed E-state index contributed by atoms with van der Waals surface area (Å²) in [5.74, 6) is -0.203. The Balaban J connectivity index is 2.46. The Kier molecular flexibility index (Phi) is 2.05. The van der Waals surface area contributed by atoms with Crippen LogP contribution in [0.15, 0.2) is 27.7 Å². The van der Waals surface area contributed by atoms with Crippen LogP contribution in [-0.2, 0) is 0 Å². The lowest BCUT2D eigenvalue weighted by Gasteiger charge is -1.91. The highest BCUT2D eigenvalue weighted by Gasteiger charge is 2.07. The van der Waals surface area contributed by atoms with Gasteiger partial charge in [-0.1, -0.05) is 0 Å². The maximum atomic E-state index is 12.7. The molecule has 0 aromatic carbocycles. The molecular formula is C7H3BrFN3O. The molecule has 2 heterocycles. The highest BCUT2D eigenvalue weighted by molar-refractivity contribution is 9.10. The van der Waals surface area contributed by atoms with Crippen molar-refractivity contribution in [1.82, 2.24) is 15.1 Å². The van der Waals surface area contributed by atoms with Gasteiger partial charge in [0.25, 0.3) is 5.89 Å². The Morgan fingerprint density at radius 3 is 2.85 bits per heavy atom. The van der Waals surface area contributed by atoms with E-state index in [4.69, 9.17) is 4.52 Å². The number of hydrogen-bond donors (Lipinski definition) is 0. The lowest BCUT2D eigenvalue weighted by Crippen LogP contribution is -1.82. The van der Waals surface area contributed by atoms with Gasteiger partial charge >= 0.3 is 0 Å². The Bertz CT molecular complexity index is 431. The summed E-state index contributed by atoms with van der Waals surface area (Å²) in [6.07, 6.45) is 2.55. The number of aromatic nitrogens is 3. The zero-order valence-electron chi connectivity index (χ0n) is 6.24. The molecule has 0 fully saturated rings. The minimum atomic E-state index is -0.438. The number of rotatable bonds is 1. The molecule has 0 unspecified atom stereocenters. The van der Waals surface area contributed by atoms with E-state index in [1.54, 1.807) is 0 Å². The summed E-state index contributed by atoms with van der Waals surface area (Å²) in [6.45, 7) is 0. The van der Waals surface area contributed by atoms with Crippen LogP contribution in [0.2, 0.25) is 0 Å². The van der Waals surface area contributed by atoms with Gasteiger partial charge < -0.3 is 4.52 Å². The normalized spacial score (nSPS) is 10.3. The lowest BCUT2D eigenvalue weighted by molar-refractivity contribution is 0.426. The number of pyridine rings is 1. The fourth-order valence-electron chi connectivity index (χ4n) is 0.852. The smallest absolute Gasteiger partial charge is 0.260 e. The topological polar surface area (TPSA) is 51.8 Å². The van der Waals surface area contributed by atoms with Crippen LogP contribution in [0.4, 0.5) is 4.39 Å². The average molecular weight is 244 g/mol. The molecular weight excluding hydrogens is 241 g/mol. The Labute approximate surface area is 80.9 Å². The molecule has 0 atom stereocenters. The molecule has 2 aromatic heterocycles. The Morgan fingerprint density at radius 2 is 2.23 bits per heavy atom. The molecule has 2 rings (SSSR count). The lowest BCUT2D eigenvalue weighted by atomic mass is 10.3. The highest BCUT2D eigenvalue weighted by Crippen LogP contribution is 2.18. The van der Waals surface area contributed by atoms with Crippen molar-refractivity contribution in [1.29, 1.82) is 0 Å². The predicted octanol–water partition coefficient (Wildman–Crippen LogP) is 2.03. The van der Waals surface area contributed by atoms with E-state index in [-0.39, 0.29) is 5.89 Å². The molecule has 0 N–H and O–H groups in total. The summed E-state index contributed by atoms with van der Waals surface area (Å²) in [5, 5.41) is 3.50. The van der Waals surface area contributed by atoms with E-state index in [9.17, 15) is 4.39 Å². The third-order valence-electron chi connectivity index (χ3n) is 1.35. The SMILES string of the molecule is Fc1cncc(-c2nc(Br)no2)c1. The van der Waals surface area contributed by atoms with E-state index < -0.39 is 5.82 Å². The zero-order valence-corrected chi connectivity index (χ0v) is 7.82. The quantitative estimate of drug-likeness (QED) is 0.770. The highest BCUT2D eigenvalue weighted by atomic mass is 79.9. The molecule has 0 saturated heterocycles. The van der Waals surface area contributed by atoms with Crippen molar-refractivity contribution in [2.45, 2.75) is 0 Å². The zero-order chi connectivity index (χ0) is 9.26. The number of halogens is 2. The molecule has 0 radical (unpaired) electrons. The molecule has 66 valence electrons. The van der Waals surface area contributed by atoms with Crippen molar-refractivity contribution in [3.05, 3.63) is 29.0 Å². The fourth-order valence-corrected chi connectivity index (χ4v) is 1.09. The van der Waals surface area contributed by atoms with Crippen LogP contribution in [0, 0.1) is 5.82 Å². The summed E-state index contributed by atoms with van der Waals surface area (Å²) in [7, 11) is 0. The van der Waals surface area contributed by atoms with Gasteiger partial charge in [0.15, 0.2) is 0 Å². The van der Waals surface area contributed by atoms with Crippen LogP contribution in [0.3, 0.4) is 0 Å². The van der Waals surface area contributed by atoms with Gasteiger partial charge in [0, 0.05) is 6.20 Å². The van der Waals surface area contributed by atoms with Gasteiger partial charge in [-0.2, -0.15) is 4.98 Å². The van der Waals surface area contributed by atoms with E-state index in [1.165, 1.54) is 12.3 Å². The first-order valence-electron chi connectivity index (χ1n) is 3.36. The summed E-state index contributed by atoms with van der Waals surface area (Å²) in [5.41, 5.74) is 0.457. The minimum absolute atomic E-state index is 0.235. The van der Waals surface area contributed by atoms with E-state index in [1.807, 2.05) is 0 Å². The standard InChI is InChI=1S/C7H3BrFN3O/c8-7-11-6(13-12-7)4-1-5(9)3-10-2-4/h1-3H. The maximum Gasteiger partial charge on any atom is 0.260 e. The fraction of sp³-hybridized carbons (Fsp3) is 0. The van der Waals surface area contributed by atoms with Crippen LogP contribution in [-0.4, -0.2) is 15.1 Å². The van der Waals surface area contributed by atoms with Crippen LogP contribution in [0.5, 0.6) is 0 Å². The van der Waals surface area contributed by atoms with Crippen molar-refractivity contribution in [2.24, 2.45) is 0 Å². The second-order valence-electron chi connectivity index (χ2n) is 2.26. The van der Waals surface area contributed by atoms with Gasteiger partial charge in [-0.15, -0.1) is 0 Å². The number of hydrogen-bond acceptors (Lipinski definition) is 4. The monoisotopic (exact) mass is 243 g/mol. The molecule has 0 aliphatic rings. The molecule has 0 bridgehead atoms. The van der Waals surface area contributed by atoms with Gasteiger partial charge in [-0.3, -0.25) is 4.98 Å². The minimum Gasteiger partial charge on any atom is -0.333 e. The van der Waals surface area contributed by atoms with Crippen LogP contribution >= 0.6 is 15.9 Å². The molecule has 0 amide bonds. The first-order chi connectivity index (χ1) is 6.25. The number of nitrogens with zero attached hydrogens (tertiary/aromatic N) is 3. The van der Waals surface area contributed by atoms with Gasteiger partial charge in [0.1, 0.15) is 5.82 Å². The molecule has 0 spiro atoms. The molecule has 2 aromatic rings. The van der Waals surface area contributed by atoms with Gasteiger partial charge in [-0.25, -0.2) is 4.39 Å². The van der Waals surface area contributed by atoms with Crippen molar-refractivity contribution in [3.63, 3.8) is 0 Å². The first kappa shape index (κ1) is 8.31. The van der Waals surface area contributed by atoms with Crippen molar-refractivity contribution in [3.8, 4) is 11.5 Å². The maximum absolute atomic E-state index is 12.7. The summed E-state index contributed by atoms with van der Waals surface area (Å²) in [6, 6.07) is 1.27. The third-order valence-corrected chi connectivity index (χ3v) is 1.68. The van der Waals surface area contributed by atoms with Crippen molar-refractivity contribution < 1.29 is 8.91 Å². The molecule has 6 heteroatoms. The summed E-state index contributed by atoms with van der Waals surface area (Å²) in [4.78, 5) is 7.51. The van der Waals surface area contributed by atoms with Crippen LogP contribution in [0.1, 0.15) is 0 Å². The van der Waals surface area contributed by atoms with Gasteiger partial charge in [-0.05, 0) is 27.2 Å². The average Bonchev–Trinajstić information content (AvgIpc) is 2.52. The van der Waals surface area contributed by atoms with E-state index >= 15 is 0 Å². The summed E-state index contributed by atoms with van der Waals surface area (Å²) < 4.78 is 17.8. The molecule has 13 heavy (non-hydrogen) atoms. The van der Waals surface area contributed by atoms with Crippen LogP contribution in [0.25, 0.3) is 11.5 Å². The largest absolute Gasteiger partial charge is 0.333 e.